The number of carbonyl (C=O) groups is 1. The first-order valence-corrected chi connectivity index (χ1v) is 8.83. The third-order valence-electron chi connectivity index (χ3n) is 3.82. The van der Waals surface area contributed by atoms with Crippen molar-refractivity contribution in [2.75, 3.05) is 5.32 Å². The normalized spacial score (nSPS) is 10.9. The molecule has 1 aromatic carbocycles. The van der Waals surface area contributed by atoms with Gasteiger partial charge in [-0.25, -0.2) is 17.9 Å². The van der Waals surface area contributed by atoms with Crippen LogP contribution < -0.4 is 10.9 Å². The van der Waals surface area contributed by atoms with E-state index in [1.165, 1.54) is 18.3 Å². The van der Waals surface area contributed by atoms with Crippen LogP contribution in [0.1, 0.15) is 24.2 Å². The summed E-state index contributed by atoms with van der Waals surface area (Å²) < 4.78 is 41.4. The lowest BCUT2D eigenvalue weighted by molar-refractivity contribution is 0.101. The largest absolute Gasteiger partial charge is 0.350 e. The average molecular weight is 393 g/mol. The fourth-order valence-electron chi connectivity index (χ4n) is 2.60. The highest BCUT2D eigenvalue weighted by Crippen LogP contribution is 2.31. The molecule has 0 saturated carbocycles. The Kier molecular flexibility index (Phi) is 5.13. The van der Waals surface area contributed by atoms with Gasteiger partial charge in [0.2, 0.25) is 0 Å². The van der Waals surface area contributed by atoms with Gasteiger partial charge < -0.3 is 5.32 Å². The van der Waals surface area contributed by atoms with Crippen LogP contribution >= 0.6 is 11.3 Å². The quantitative estimate of drug-likeness (QED) is 0.517. The monoisotopic (exact) mass is 393 g/mol. The standard InChI is InChI=1S/C18H14F3N3O2S/c1-3-24-18(26)17(22-10-7-11(19)15(21)12(20)8-10)14(9(2)25)16(23-24)13-5-4-6-27-13/h4-8,22H,3H2,1-2H3. The van der Waals surface area contributed by atoms with E-state index in [0.717, 1.165) is 4.68 Å². The van der Waals surface area contributed by atoms with Crippen molar-refractivity contribution in [2.45, 2.75) is 20.4 Å². The number of aryl methyl sites for hydroxylation is 1. The van der Waals surface area contributed by atoms with Crippen molar-refractivity contribution in [3.63, 3.8) is 0 Å². The van der Waals surface area contributed by atoms with E-state index in [4.69, 9.17) is 0 Å². The SMILES string of the molecule is CCn1nc(-c2cccs2)c(C(C)=O)c(Nc2cc(F)c(F)c(F)c2)c1=O. The van der Waals surface area contributed by atoms with Crippen LogP contribution in [0.25, 0.3) is 10.6 Å². The Morgan fingerprint density at radius 1 is 1.26 bits per heavy atom. The molecule has 0 fully saturated rings. The Bertz CT molecular complexity index is 1060. The molecule has 1 N–H and O–H groups in total. The maximum Gasteiger partial charge on any atom is 0.291 e. The number of aromatic nitrogens is 2. The number of halogens is 3. The molecule has 2 aromatic heterocycles. The second kappa shape index (κ2) is 7.36. The zero-order chi connectivity index (χ0) is 19.7. The van der Waals surface area contributed by atoms with Gasteiger partial charge in [-0.3, -0.25) is 9.59 Å². The summed E-state index contributed by atoms with van der Waals surface area (Å²) >= 11 is 1.33. The predicted octanol–water partition coefficient (Wildman–Crippen LogP) is 4.36. The topological polar surface area (TPSA) is 64.0 Å². The number of benzene rings is 1. The van der Waals surface area contributed by atoms with Gasteiger partial charge in [0.15, 0.2) is 23.2 Å². The maximum atomic E-state index is 13.5. The first-order chi connectivity index (χ1) is 12.8. The van der Waals surface area contributed by atoms with Crippen molar-refractivity contribution in [1.82, 2.24) is 9.78 Å². The van der Waals surface area contributed by atoms with E-state index in [1.54, 1.807) is 24.4 Å². The molecule has 140 valence electrons. The van der Waals surface area contributed by atoms with Gasteiger partial charge in [0.1, 0.15) is 11.4 Å². The van der Waals surface area contributed by atoms with E-state index in [9.17, 15) is 22.8 Å². The molecule has 0 radical (unpaired) electrons. The average Bonchev–Trinajstić information content (AvgIpc) is 3.15. The summed E-state index contributed by atoms with van der Waals surface area (Å²) in [5.41, 5.74) is -0.722. The lowest BCUT2D eigenvalue weighted by Crippen LogP contribution is -2.28. The predicted molar refractivity (Wildman–Crippen MR) is 97.1 cm³/mol. The minimum atomic E-state index is -1.62. The highest BCUT2D eigenvalue weighted by Gasteiger charge is 2.23. The molecule has 0 aliphatic rings. The molecular formula is C18H14F3N3O2S. The number of ketones is 1. The maximum absolute atomic E-state index is 13.5. The molecule has 0 saturated heterocycles. The van der Waals surface area contributed by atoms with Crippen LogP contribution in [0.2, 0.25) is 0 Å². The Morgan fingerprint density at radius 2 is 1.93 bits per heavy atom. The van der Waals surface area contributed by atoms with Crippen LogP contribution in [0.4, 0.5) is 24.5 Å². The summed E-state index contributed by atoms with van der Waals surface area (Å²) in [4.78, 5) is 25.7. The summed E-state index contributed by atoms with van der Waals surface area (Å²) in [6.07, 6.45) is 0. The zero-order valence-corrected chi connectivity index (χ0v) is 15.2. The van der Waals surface area contributed by atoms with E-state index in [2.05, 4.69) is 10.4 Å². The van der Waals surface area contributed by atoms with Crippen molar-refractivity contribution >= 4 is 28.5 Å². The molecule has 27 heavy (non-hydrogen) atoms. The number of anilines is 2. The second-order valence-electron chi connectivity index (χ2n) is 5.63. The minimum Gasteiger partial charge on any atom is -0.350 e. The van der Waals surface area contributed by atoms with Gasteiger partial charge in [-0.05, 0) is 25.3 Å². The van der Waals surface area contributed by atoms with E-state index in [1.807, 2.05) is 0 Å². The third kappa shape index (κ3) is 3.50. The molecule has 2 heterocycles. The number of nitrogens with zero attached hydrogens (tertiary/aromatic N) is 2. The van der Waals surface area contributed by atoms with Crippen molar-refractivity contribution < 1.29 is 18.0 Å². The second-order valence-corrected chi connectivity index (χ2v) is 6.58. The number of hydrogen-bond donors (Lipinski definition) is 1. The van der Waals surface area contributed by atoms with Crippen molar-refractivity contribution in [3.05, 3.63) is 63.0 Å². The van der Waals surface area contributed by atoms with Gasteiger partial charge in [0, 0.05) is 24.4 Å². The third-order valence-corrected chi connectivity index (χ3v) is 4.69. The number of carbonyl (C=O) groups excluding carboxylic acids is 1. The number of rotatable bonds is 5. The van der Waals surface area contributed by atoms with Crippen molar-refractivity contribution in [1.29, 1.82) is 0 Å². The smallest absolute Gasteiger partial charge is 0.291 e. The van der Waals surface area contributed by atoms with E-state index < -0.39 is 28.8 Å². The van der Waals surface area contributed by atoms with Crippen LogP contribution in [-0.4, -0.2) is 15.6 Å². The Labute approximate surface area is 156 Å². The molecule has 0 unspecified atom stereocenters. The lowest BCUT2D eigenvalue weighted by atomic mass is 10.1. The fraction of sp³-hybridized carbons (Fsp3) is 0.167. The van der Waals surface area contributed by atoms with E-state index in [0.29, 0.717) is 17.0 Å². The van der Waals surface area contributed by atoms with E-state index in [-0.39, 0.29) is 29.2 Å². The number of nitrogens with one attached hydrogen (secondary N) is 1. The number of thiophene rings is 1. The van der Waals surface area contributed by atoms with Crippen LogP contribution in [0.15, 0.2) is 34.4 Å². The van der Waals surface area contributed by atoms with Crippen molar-refractivity contribution in [3.8, 4) is 10.6 Å². The van der Waals surface area contributed by atoms with Gasteiger partial charge in [-0.15, -0.1) is 11.3 Å². The highest BCUT2D eigenvalue weighted by molar-refractivity contribution is 7.13. The fourth-order valence-corrected chi connectivity index (χ4v) is 3.32. The van der Waals surface area contributed by atoms with Gasteiger partial charge in [0.05, 0.1) is 10.4 Å². The minimum absolute atomic E-state index is 0.00251. The highest BCUT2D eigenvalue weighted by atomic mass is 32.1. The zero-order valence-electron chi connectivity index (χ0n) is 14.3. The Hall–Kier alpha value is -2.94. The Balaban J connectivity index is 2.26. The van der Waals surface area contributed by atoms with Gasteiger partial charge >= 0.3 is 0 Å². The summed E-state index contributed by atoms with van der Waals surface area (Å²) in [5.74, 6) is -4.89. The van der Waals surface area contributed by atoms with Gasteiger partial charge in [0.25, 0.3) is 5.56 Å². The summed E-state index contributed by atoms with van der Waals surface area (Å²) in [6.45, 7) is 3.18. The van der Waals surface area contributed by atoms with E-state index >= 15 is 0 Å². The Morgan fingerprint density at radius 3 is 2.44 bits per heavy atom. The molecule has 5 nitrogen and oxygen atoms in total. The molecule has 9 heteroatoms. The molecule has 3 aromatic rings. The first kappa shape index (κ1) is 18.8. The molecule has 0 amide bonds. The van der Waals surface area contributed by atoms with Crippen LogP contribution in [0.5, 0.6) is 0 Å². The van der Waals surface area contributed by atoms with Crippen LogP contribution in [-0.2, 0) is 6.54 Å². The summed E-state index contributed by atoms with van der Waals surface area (Å²) in [6, 6.07) is 4.93. The molecule has 0 aliphatic heterocycles. The first-order valence-electron chi connectivity index (χ1n) is 7.95. The van der Waals surface area contributed by atoms with Gasteiger partial charge in [-0.1, -0.05) is 6.07 Å². The molecular weight excluding hydrogens is 379 g/mol. The lowest BCUT2D eigenvalue weighted by Gasteiger charge is -2.15. The molecule has 3 rings (SSSR count). The van der Waals surface area contributed by atoms with Crippen molar-refractivity contribution in [2.24, 2.45) is 0 Å². The number of Topliss-reactive ketones (excluding diaryl/α,β-unsaturated/α-hetero) is 1. The molecule has 0 spiro atoms. The van der Waals surface area contributed by atoms with Crippen LogP contribution in [0, 0.1) is 17.5 Å². The summed E-state index contributed by atoms with van der Waals surface area (Å²) in [5, 5.41) is 8.62. The van der Waals surface area contributed by atoms with Gasteiger partial charge in [-0.2, -0.15) is 5.10 Å². The molecule has 0 atom stereocenters. The summed E-state index contributed by atoms with van der Waals surface area (Å²) in [7, 11) is 0. The molecule has 0 bridgehead atoms. The molecule has 0 aliphatic carbocycles. The number of hydrogen-bond acceptors (Lipinski definition) is 5. The van der Waals surface area contributed by atoms with Crippen LogP contribution in [0.3, 0.4) is 0 Å².